The molecule has 2 unspecified atom stereocenters. The smallest absolute Gasteiger partial charge is 0.315 e. The second-order valence-corrected chi connectivity index (χ2v) is 18.6. The largest absolute Gasteiger partial charge is 0.346 e. The van der Waals surface area contributed by atoms with Gasteiger partial charge >= 0.3 is 6.03 Å². The van der Waals surface area contributed by atoms with Gasteiger partial charge < -0.3 is 26.2 Å². The van der Waals surface area contributed by atoms with Crippen molar-refractivity contribution in [1.29, 1.82) is 0 Å². The monoisotopic (exact) mass is 745 g/mol. The summed E-state index contributed by atoms with van der Waals surface area (Å²) in [6, 6.07) is 0.225. The van der Waals surface area contributed by atoms with Crippen molar-refractivity contribution in [1.82, 2.24) is 35.5 Å². The maximum Gasteiger partial charge on any atom is 0.315 e. The lowest BCUT2D eigenvalue weighted by molar-refractivity contribution is -0.144. The van der Waals surface area contributed by atoms with Crippen molar-refractivity contribution in [3.8, 4) is 0 Å². The summed E-state index contributed by atoms with van der Waals surface area (Å²) in [6.07, 6.45) is 5.54. The molecule has 15 heteroatoms. The van der Waals surface area contributed by atoms with Crippen LogP contribution >= 0.6 is 0 Å². The van der Waals surface area contributed by atoms with Crippen LogP contribution in [0.15, 0.2) is 42.1 Å². The van der Waals surface area contributed by atoms with Crippen molar-refractivity contribution in [2.45, 2.75) is 110 Å². The number of carbonyl (C=O) groups excluding carboxylic acids is 5. The highest BCUT2D eigenvalue weighted by Crippen LogP contribution is 2.36. The van der Waals surface area contributed by atoms with E-state index < -0.39 is 74.6 Å². The molecule has 2 heterocycles. The molecule has 2 aliphatic rings. The number of hydrogen-bond acceptors (Lipinski definition) is 8. The van der Waals surface area contributed by atoms with Crippen LogP contribution in [0, 0.1) is 28.6 Å². The fourth-order valence-electron chi connectivity index (χ4n) is 6.38. The minimum Gasteiger partial charge on any atom is -0.346 e. The third kappa shape index (κ3) is 11.1. The Hall–Kier alpha value is -3.85. The van der Waals surface area contributed by atoms with Crippen LogP contribution in [0.25, 0.3) is 0 Å². The highest BCUT2D eigenvalue weighted by Gasteiger charge is 2.48. The van der Waals surface area contributed by atoms with Gasteiger partial charge in [0.05, 0.1) is 6.04 Å². The minimum atomic E-state index is -3.95. The number of sulfonamides is 1. The van der Waals surface area contributed by atoms with Gasteiger partial charge in [-0.3, -0.25) is 19.2 Å². The van der Waals surface area contributed by atoms with Gasteiger partial charge in [-0.2, -0.15) is 4.31 Å². The molecule has 5 amide bonds. The molecule has 1 aromatic rings. The first-order chi connectivity index (χ1) is 24.1. The Kier molecular flexibility index (Phi) is 14.2. The molecular formula is C37H59N7O7S. The number of likely N-dealkylation sites (tertiary alicyclic amines) is 1. The Morgan fingerprint density at radius 1 is 1.00 bits per heavy atom. The Morgan fingerprint density at radius 2 is 1.65 bits per heavy atom. The molecule has 3 rings (SSSR count). The van der Waals surface area contributed by atoms with Gasteiger partial charge in [0, 0.05) is 38.9 Å². The Labute approximate surface area is 309 Å². The SMILES string of the molecule is C=CCNC(=O)C(=O)C(CC1CC1)NC(=O)[C@@H]1C(C(C)C)CCN1C(=O)[C@@H](NC(=O)N[C@H](CN(C)S(=O)(=O)c1ccccn1)C(C)(C)C)C(C)(C)C. The number of rotatable bonds is 16. The number of pyridine rings is 1. The summed E-state index contributed by atoms with van der Waals surface area (Å²) < 4.78 is 27.6. The fraction of sp³-hybridized carbons (Fsp3) is 0.676. The van der Waals surface area contributed by atoms with E-state index in [9.17, 15) is 32.4 Å². The molecule has 0 radical (unpaired) electrons. The molecule has 290 valence electrons. The summed E-state index contributed by atoms with van der Waals surface area (Å²) >= 11 is 0. The summed E-state index contributed by atoms with van der Waals surface area (Å²) in [5, 5.41) is 11.0. The van der Waals surface area contributed by atoms with Crippen molar-refractivity contribution in [2.75, 3.05) is 26.7 Å². The maximum atomic E-state index is 14.5. The van der Waals surface area contributed by atoms with E-state index >= 15 is 0 Å². The van der Waals surface area contributed by atoms with Crippen molar-refractivity contribution in [3.63, 3.8) is 0 Å². The molecule has 1 saturated heterocycles. The van der Waals surface area contributed by atoms with Gasteiger partial charge in [0.2, 0.25) is 17.6 Å². The van der Waals surface area contributed by atoms with Crippen LogP contribution < -0.4 is 21.3 Å². The Bertz CT molecular complexity index is 1570. The highest BCUT2D eigenvalue weighted by atomic mass is 32.2. The summed E-state index contributed by atoms with van der Waals surface area (Å²) in [5.41, 5.74) is -1.39. The molecule has 0 bridgehead atoms. The normalized spacial score (nSPS) is 19.8. The lowest BCUT2D eigenvalue weighted by atomic mass is 9.84. The second-order valence-electron chi connectivity index (χ2n) is 16.6. The zero-order valence-corrected chi connectivity index (χ0v) is 33.0. The zero-order valence-electron chi connectivity index (χ0n) is 32.2. The number of amides is 5. The summed E-state index contributed by atoms with van der Waals surface area (Å²) in [7, 11) is -2.53. The number of carbonyl (C=O) groups is 5. The molecule has 4 N–H and O–H groups in total. The lowest BCUT2D eigenvalue weighted by Gasteiger charge is -2.38. The van der Waals surface area contributed by atoms with Crippen molar-refractivity contribution in [3.05, 3.63) is 37.1 Å². The summed E-state index contributed by atoms with van der Waals surface area (Å²) in [6.45, 7) is 18.8. The number of ketones is 1. The van der Waals surface area contributed by atoms with E-state index in [1.165, 1.54) is 30.3 Å². The van der Waals surface area contributed by atoms with Gasteiger partial charge in [0.1, 0.15) is 12.1 Å². The van der Waals surface area contributed by atoms with E-state index in [1.54, 1.807) is 12.1 Å². The van der Waals surface area contributed by atoms with Crippen molar-refractivity contribution >= 4 is 39.6 Å². The van der Waals surface area contributed by atoms with E-state index in [-0.39, 0.29) is 42.4 Å². The van der Waals surface area contributed by atoms with Crippen LogP contribution in [0.4, 0.5) is 4.79 Å². The topological polar surface area (TPSA) is 187 Å². The molecule has 5 atom stereocenters. The van der Waals surface area contributed by atoms with Gasteiger partial charge in [-0.15, -0.1) is 6.58 Å². The standard InChI is InChI=1S/C37H59N7O7S/c1-11-18-39-33(47)30(45)26(21-24-15-16-24)40-32(46)29-25(23(2)3)17-20-44(29)34(48)31(37(7,8)9)42-35(49)41-27(36(4,5)6)22-43(10)52(50,51)28-14-12-13-19-38-28/h11-14,19,23-27,29,31H,1,15-18,20-22H2,2-10H3,(H,39,47)(H,40,46)(H2,41,42,49)/t25?,26?,27-,29+,31-/m1/s1. The first-order valence-corrected chi connectivity index (χ1v) is 19.5. The molecule has 1 aromatic heterocycles. The molecule has 1 aliphatic carbocycles. The average Bonchev–Trinajstić information content (AvgIpc) is 3.76. The van der Waals surface area contributed by atoms with Gasteiger partial charge in [-0.25, -0.2) is 18.2 Å². The van der Waals surface area contributed by atoms with E-state index in [0.717, 1.165) is 17.1 Å². The first-order valence-electron chi connectivity index (χ1n) is 18.1. The molecule has 52 heavy (non-hydrogen) atoms. The predicted octanol–water partition coefficient (Wildman–Crippen LogP) is 2.86. The van der Waals surface area contributed by atoms with E-state index in [0.29, 0.717) is 12.8 Å². The molecule has 0 aromatic carbocycles. The lowest BCUT2D eigenvalue weighted by Crippen LogP contribution is -2.62. The van der Waals surface area contributed by atoms with Gasteiger partial charge in [-0.1, -0.05) is 80.4 Å². The zero-order chi connectivity index (χ0) is 39.2. The number of urea groups is 1. The highest BCUT2D eigenvalue weighted by molar-refractivity contribution is 7.89. The van der Waals surface area contributed by atoms with Crippen LogP contribution in [0.1, 0.15) is 81.1 Å². The van der Waals surface area contributed by atoms with Crippen LogP contribution in [-0.2, 0) is 29.2 Å². The van der Waals surface area contributed by atoms with Crippen LogP contribution in [0.5, 0.6) is 0 Å². The Balaban J connectivity index is 1.83. The van der Waals surface area contributed by atoms with Gasteiger partial charge in [0.25, 0.3) is 15.9 Å². The number of likely N-dealkylation sites (N-methyl/N-ethyl adjacent to an activating group) is 1. The summed E-state index contributed by atoms with van der Waals surface area (Å²) in [5.74, 6) is -2.50. The molecular weight excluding hydrogens is 687 g/mol. The number of nitrogens with zero attached hydrogens (tertiary/aromatic N) is 3. The first kappa shape index (κ1) is 42.6. The quantitative estimate of drug-likeness (QED) is 0.147. The maximum absolute atomic E-state index is 14.5. The van der Waals surface area contributed by atoms with Gasteiger partial charge in [0.15, 0.2) is 5.03 Å². The second kappa shape index (κ2) is 17.3. The van der Waals surface area contributed by atoms with Crippen molar-refractivity contribution < 1.29 is 32.4 Å². The predicted molar refractivity (Wildman–Crippen MR) is 198 cm³/mol. The van der Waals surface area contributed by atoms with E-state index in [1.807, 2.05) is 55.4 Å². The van der Waals surface area contributed by atoms with Gasteiger partial charge in [-0.05, 0) is 53.6 Å². The third-order valence-electron chi connectivity index (χ3n) is 9.87. The minimum absolute atomic E-state index is 0.0123. The molecule has 14 nitrogen and oxygen atoms in total. The Morgan fingerprint density at radius 3 is 2.17 bits per heavy atom. The third-order valence-corrected chi connectivity index (χ3v) is 11.6. The van der Waals surface area contributed by atoms with E-state index in [2.05, 4.69) is 32.8 Å². The number of Topliss-reactive ketones (excluding diaryl/α,β-unsaturated/α-hetero) is 1. The fourth-order valence-corrected chi connectivity index (χ4v) is 7.49. The summed E-state index contributed by atoms with van der Waals surface area (Å²) in [4.78, 5) is 73.5. The number of hydrogen-bond donors (Lipinski definition) is 4. The molecule has 1 saturated carbocycles. The number of aromatic nitrogens is 1. The van der Waals surface area contributed by atoms with E-state index in [4.69, 9.17) is 0 Å². The molecule has 1 aliphatic heterocycles. The molecule has 0 spiro atoms. The average molecular weight is 746 g/mol. The van der Waals surface area contributed by atoms with Crippen molar-refractivity contribution in [2.24, 2.45) is 28.6 Å². The van der Waals surface area contributed by atoms with Crippen LogP contribution in [0.3, 0.4) is 0 Å². The van der Waals surface area contributed by atoms with Crippen LogP contribution in [-0.4, -0.2) is 103 Å². The number of nitrogens with one attached hydrogen (secondary N) is 4. The molecule has 2 fully saturated rings. The van der Waals surface area contributed by atoms with Crippen LogP contribution in [0.2, 0.25) is 0 Å².